The number of anilines is 6. The Kier molecular flexibility index (Phi) is 11.8. The molecule has 0 aliphatic heterocycles. The van der Waals surface area contributed by atoms with E-state index in [1.807, 2.05) is 0 Å². The number of halogens is 2. The van der Waals surface area contributed by atoms with Crippen LogP contribution in [0.25, 0.3) is 44.5 Å². The van der Waals surface area contributed by atoms with Gasteiger partial charge < -0.3 is 9.80 Å². The fraction of sp³-hybridized carbons (Fsp3) is 0.0690. The van der Waals surface area contributed by atoms with Crippen LogP contribution in [0.4, 0.5) is 34.1 Å². The van der Waals surface area contributed by atoms with E-state index in [-0.39, 0.29) is 0 Å². The molecule has 0 saturated heterocycles. The monoisotopic (exact) mass is 928 g/mol. The maximum absolute atomic E-state index is 3.70. The van der Waals surface area contributed by atoms with Crippen LogP contribution < -0.4 is 9.80 Å². The first-order valence-electron chi connectivity index (χ1n) is 20.9. The minimum absolute atomic E-state index is 1.04. The summed E-state index contributed by atoms with van der Waals surface area (Å²) in [6.45, 7) is 8.55. The van der Waals surface area contributed by atoms with E-state index in [0.29, 0.717) is 0 Å². The highest BCUT2D eigenvalue weighted by atomic mass is 79.9. The van der Waals surface area contributed by atoms with Crippen LogP contribution in [0.2, 0.25) is 0 Å². The van der Waals surface area contributed by atoms with Crippen LogP contribution in [-0.4, -0.2) is 0 Å². The second-order valence-electron chi connectivity index (χ2n) is 16.1. The van der Waals surface area contributed by atoms with E-state index in [9.17, 15) is 0 Å². The number of aryl methyl sites for hydroxylation is 4. The fourth-order valence-corrected chi connectivity index (χ4v) is 8.49. The van der Waals surface area contributed by atoms with Gasteiger partial charge in [0.05, 0.1) is 0 Å². The summed E-state index contributed by atoms with van der Waals surface area (Å²) >= 11 is 7.39. The Labute approximate surface area is 383 Å². The molecule has 9 rings (SSSR count). The Bertz CT molecular complexity index is 2620. The predicted octanol–water partition coefficient (Wildman–Crippen LogP) is 18.1. The molecule has 302 valence electrons. The summed E-state index contributed by atoms with van der Waals surface area (Å²) in [6, 6.07) is 75.4. The van der Waals surface area contributed by atoms with Crippen molar-refractivity contribution in [3.05, 3.63) is 237 Å². The molecule has 0 amide bonds. The van der Waals surface area contributed by atoms with Crippen LogP contribution in [0.5, 0.6) is 0 Å². The topological polar surface area (TPSA) is 6.48 Å². The first-order valence-corrected chi connectivity index (χ1v) is 22.5. The zero-order chi connectivity index (χ0) is 42.7. The van der Waals surface area contributed by atoms with Crippen molar-refractivity contribution >= 4 is 66.0 Å². The van der Waals surface area contributed by atoms with Crippen molar-refractivity contribution in [2.24, 2.45) is 0 Å². The lowest BCUT2D eigenvalue weighted by Gasteiger charge is -2.29. The summed E-state index contributed by atoms with van der Waals surface area (Å²) < 4.78 is 2.07. The lowest BCUT2D eigenvalue weighted by molar-refractivity contribution is 1.25. The van der Waals surface area contributed by atoms with E-state index in [2.05, 4.69) is 276 Å². The standard InChI is InChI=1S/C58H46Br2N2/c1-39-5-13-43(14-6-39)47-33-48(44-15-7-40(2)8-16-44)36-57(35-47)61(53-25-21-51(59)22-26-53)55-29-31-56(32-30-55)62(54-27-23-52(60)24-28-54)58-37-49(45-17-9-41(3)10-18-45)34-50(38-58)46-19-11-42(4)12-20-46/h5-38H,1-4H3. The van der Waals surface area contributed by atoms with Crippen molar-refractivity contribution in [2.75, 3.05) is 9.80 Å². The van der Waals surface area contributed by atoms with E-state index in [4.69, 9.17) is 0 Å². The van der Waals surface area contributed by atoms with Gasteiger partial charge in [-0.1, -0.05) is 151 Å². The molecule has 0 fully saturated rings. The van der Waals surface area contributed by atoms with Crippen LogP contribution in [0.3, 0.4) is 0 Å². The van der Waals surface area contributed by atoms with Gasteiger partial charge in [0.2, 0.25) is 0 Å². The average Bonchev–Trinajstić information content (AvgIpc) is 3.29. The summed E-state index contributed by atoms with van der Waals surface area (Å²) in [4.78, 5) is 4.73. The van der Waals surface area contributed by atoms with Gasteiger partial charge in [0.15, 0.2) is 0 Å². The van der Waals surface area contributed by atoms with Crippen LogP contribution >= 0.6 is 31.9 Å². The van der Waals surface area contributed by atoms with Crippen molar-refractivity contribution in [3.63, 3.8) is 0 Å². The molecule has 4 heteroatoms. The Balaban J connectivity index is 1.20. The maximum Gasteiger partial charge on any atom is 0.0473 e. The molecule has 0 atom stereocenters. The lowest BCUT2D eigenvalue weighted by atomic mass is 9.96. The molecular weight excluding hydrogens is 884 g/mol. The van der Waals surface area contributed by atoms with E-state index >= 15 is 0 Å². The number of rotatable bonds is 10. The summed E-state index contributed by atoms with van der Waals surface area (Å²) in [5.41, 5.74) is 20.7. The van der Waals surface area contributed by atoms with Crippen LogP contribution in [-0.2, 0) is 0 Å². The van der Waals surface area contributed by atoms with Crippen LogP contribution in [0, 0.1) is 27.7 Å². The van der Waals surface area contributed by atoms with Crippen molar-refractivity contribution in [2.45, 2.75) is 27.7 Å². The van der Waals surface area contributed by atoms with Crippen LogP contribution in [0.1, 0.15) is 22.3 Å². The molecule has 2 nitrogen and oxygen atoms in total. The van der Waals surface area contributed by atoms with E-state index in [0.717, 1.165) is 65.3 Å². The normalized spacial score (nSPS) is 11.1. The molecule has 0 unspecified atom stereocenters. The summed E-state index contributed by atoms with van der Waals surface area (Å²) in [6.07, 6.45) is 0. The number of hydrogen-bond acceptors (Lipinski definition) is 2. The summed E-state index contributed by atoms with van der Waals surface area (Å²) in [5, 5.41) is 0. The van der Waals surface area contributed by atoms with Gasteiger partial charge in [-0.2, -0.15) is 0 Å². The molecule has 0 bridgehead atoms. The summed E-state index contributed by atoms with van der Waals surface area (Å²) in [5.74, 6) is 0. The highest BCUT2D eigenvalue weighted by molar-refractivity contribution is 9.10. The SMILES string of the molecule is Cc1ccc(-c2cc(-c3ccc(C)cc3)cc(N(c3ccc(Br)cc3)c3ccc(N(c4ccc(Br)cc4)c4cc(-c5ccc(C)cc5)cc(-c5ccc(C)cc5)c4)cc3)c2)cc1. The third kappa shape index (κ3) is 9.09. The number of benzene rings is 9. The Morgan fingerprint density at radius 3 is 0.661 bits per heavy atom. The number of hydrogen-bond donors (Lipinski definition) is 0. The highest BCUT2D eigenvalue weighted by Gasteiger charge is 2.20. The van der Waals surface area contributed by atoms with Gasteiger partial charge in [-0.3, -0.25) is 0 Å². The molecule has 9 aromatic rings. The molecule has 0 spiro atoms. The summed E-state index contributed by atoms with van der Waals surface area (Å²) in [7, 11) is 0. The molecule has 0 aromatic heterocycles. The molecule has 62 heavy (non-hydrogen) atoms. The molecule has 0 radical (unpaired) electrons. The van der Waals surface area contributed by atoms with Gasteiger partial charge in [-0.25, -0.2) is 0 Å². The van der Waals surface area contributed by atoms with Gasteiger partial charge in [0, 0.05) is 43.1 Å². The molecule has 0 saturated carbocycles. The Hall–Kier alpha value is -6.46. The zero-order valence-electron chi connectivity index (χ0n) is 35.3. The van der Waals surface area contributed by atoms with Gasteiger partial charge in [-0.15, -0.1) is 0 Å². The van der Waals surface area contributed by atoms with Gasteiger partial charge in [0.25, 0.3) is 0 Å². The lowest BCUT2D eigenvalue weighted by Crippen LogP contribution is -2.12. The molecule has 0 aliphatic carbocycles. The predicted molar refractivity (Wildman–Crippen MR) is 272 cm³/mol. The molecule has 0 N–H and O–H groups in total. The van der Waals surface area contributed by atoms with Gasteiger partial charge >= 0.3 is 0 Å². The number of nitrogens with zero attached hydrogens (tertiary/aromatic N) is 2. The first-order chi connectivity index (χ1) is 30.1. The second kappa shape index (κ2) is 17.9. The van der Waals surface area contributed by atoms with Crippen molar-refractivity contribution in [1.29, 1.82) is 0 Å². The van der Waals surface area contributed by atoms with Crippen LogP contribution in [0.15, 0.2) is 215 Å². The van der Waals surface area contributed by atoms with E-state index < -0.39 is 0 Å². The molecule has 9 aromatic carbocycles. The first kappa shape index (κ1) is 40.9. The Morgan fingerprint density at radius 2 is 0.435 bits per heavy atom. The van der Waals surface area contributed by atoms with Gasteiger partial charge in [-0.05, 0) is 181 Å². The second-order valence-corrected chi connectivity index (χ2v) is 18.0. The minimum Gasteiger partial charge on any atom is -0.310 e. The molecular formula is C58H46Br2N2. The molecule has 0 aliphatic rings. The minimum atomic E-state index is 1.04. The highest BCUT2D eigenvalue weighted by Crippen LogP contribution is 2.44. The quantitative estimate of drug-likeness (QED) is 0.135. The Morgan fingerprint density at radius 1 is 0.226 bits per heavy atom. The molecule has 0 heterocycles. The van der Waals surface area contributed by atoms with Crippen molar-refractivity contribution in [1.82, 2.24) is 0 Å². The largest absolute Gasteiger partial charge is 0.310 e. The average molecular weight is 931 g/mol. The van der Waals surface area contributed by atoms with E-state index in [1.54, 1.807) is 0 Å². The fourth-order valence-electron chi connectivity index (χ4n) is 7.96. The zero-order valence-corrected chi connectivity index (χ0v) is 38.5. The smallest absolute Gasteiger partial charge is 0.0473 e. The van der Waals surface area contributed by atoms with Crippen molar-refractivity contribution < 1.29 is 0 Å². The van der Waals surface area contributed by atoms with Gasteiger partial charge in [0.1, 0.15) is 0 Å². The third-order valence-electron chi connectivity index (χ3n) is 11.4. The maximum atomic E-state index is 3.70. The van der Waals surface area contributed by atoms with E-state index in [1.165, 1.54) is 44.5 Å². The third-order valence-corrected chi connectivity index (χ3v) is 12.5. The van der Waals surface area contributed by atoms with Crippen molar-refractivity contribution in [3.8, 4) is 44.5 Å².